The minimum absolute atomic E-state index is 0.377. The number of esters is 1. The molecule has 4 nitrogen and oxygen atoms in total. The maximum Gasteiger partial charge on any atom is 0.308 e. The van der Waals surface area contributed by atoms with Gasteiger partial charge in [-0.3, -0.25) is 4.79 Å². The van der Waals surface area contributed by atoms with Gasteiger partial charge in [0.2, 0.25) is 11.2 Å². The van der Waals surface area contributed by atoms with Crippen LogP contribution in [-0.2, 0) is 11.3 Å². The summed E-state index contributed by atoms with van der Waals surface area (Å²) in [5.41, 5.74) is 3.17. The highest BCUT2D eigenvalue weighted by Gasteiger charge is 2.12. The lowest BCUT2D eigenvalue weighted by Crippen LogP contribution is -2.37. The minimum atomic E-state index is -0.377. The van der Waals surface area contributed by atoms with E-state index in [1.54, 1.807) is 13.2 Å². The lowest BCUT2D eigenvalue weighted by Gasteiger charge is -2.08. The molecule has 136 valence electrons. The number of pyridine rings is 1. The second-order valence-corrected chi connectivity index (χ2v) is 6.05. The number of methoxy groups -OCH3 is 1. The van der Waals surface area contributed by atoms with Crippen molar-refractivity contribution < 1.29 is 18.8 Å². The van der Waals surface area contributed by atoms with E-state index in [1.807, 2.05) is 36.4 Å². The predicted octanol–water partition coefficient (Wildman–Crippen LogP) is 4.42. The van der Waals surface area contributed by atoms with Crippen molar-refractivity contribution in [2.75, 3.05) is 7.11 Å². The maximum absolute atomic E-state index is 11.2. The Morgan fingerprint density at radius 3 is 2.63 bits per heavy atom. The molecule has 27 heavy (non-hydrogen) atoms. The van der Waals surface area contributed by atoms with Crippen molar-refractivity contribution >= 4 is 29.0 Å². The molecular formula is C23H22NO3+. The van der Waals surface area contributed by atoms with Crippen LogP contribution in [0.15, 0.2) is 67.3 Å². The van der Waals surface area contributed by atoms with Crippen LogP contribution in [0, 0.1) is 0 Å². The van der Waals surface area contributed by atoms with Crippen LogP contribution in [0.4, 0.5) is 0 Å². The van der Waals surface area contributed by atoms with E-state index in [2.05, 4.69) is 41.5 Å². The van der Waals surface area contributed by atoms with Gasteiger partial charge in [0.15, 0.2) is 18.0 Å². The summed E-state index contributed by atoms with van der Waals surface area (Å²) in [6.45, 7) is 5.96. The third-order valence-corrected chi connectivity index (χ3v) is 4.17. The fraction of sp³-hybridized carbons (Fsp3) is 0.130. The number of fused-ring (bicyclic) bond motifs is 1. The molecular weight excluding hydrogens is 338 g/mol. The van der Waals surface area contributed by atoms with Crippen LogP contribution in [0.1, 0.15) is 18.2 Å². The smallest absolute Gasteiger partial charge is 0.308 e. The van der Waals surface area contributed by atoms with Gasteiger partial charge < -0.3 is 9.47 Å². The zero-order valence-electron chi connectivity index (χ0n) is 15.5. The number of hydrogen-bond donors (Lipinski definition) is 0. The van der Waals surface area contributed by atoms with Crippen LogP contribution in [0.25, 0.3) is 23.1 Å². The molecule has 3 rings (SSSR count). The van der Waals surface area contributed by atoms with Crippen LogP contribution in [-0.4, -0.2) is 13.1 Å². The number of aromatic nitrogens is 1. The first-order valence-electron chi connectivity index (χ1n) is 8.69. The minimum Gasteiger partial charge on any atom is -0.493 e. The number of hydrogen-bond acceptors (Lipinski definition) is 3. The van der Waals surface area contributed by atoms with Gasteiger partial charge in [-0.1, -0.05) is 24.8 Å². The van der Waals surface area contributed by atoms with E-state index in [-0.39, 0.29) is 5.97 Å². The van der Waals surface area contributed by atoms with Gasteiger partial charge in [0.1, 0.15) is 0 Å². The van der Waals surface area contributed by atoms with Gasteiger partial charge in [-0.15, -0.1) is 0 Å². The number of carbonyl (C=O) groups is 1. The molecule has 0 aliphatic heterocycles. The van der Waals surface area contributed by atoms with Gasteiger partial charge >= 0.3 is 5.97 Å². The lowest BCUT2D eigenvalue weighted by atomic mass is 10.1. The molecule has 0 amide bonds. The monoisotopic (exact) mass is 360 g/mol. The fourth-order valence-electron chi connectivity index (χ4n) is 2.97. The summed E-state index contributed by atoms with van der Waals surface area (Å²) < 4.78 is 12.7. The quantitative estimate of drug-likeness (QED) is 0.283. The second kappa shape index (κ2) is 8.32. The van der Waals surface area contributed by atoms with Crippen LogP contribution >= 0.6 is 0 Å². The molecule has 1 heterocycles. The van der Waals surface area contributed by atoms with Gasteiger partial charge in [-0.2, -0.15) is 4.57 Å². The molecule has 0 spiro atoms. The zero-order valence-corrected chi connectivity index (χ0v) is 15.5. The molecule has 0 atom stereocenters. The number of para-hydroxylation sites is 1. The number of ether oxygens (including phenoxy) is 2. The summed E-state index contributed by atoms with van der Waals surface area (Å²) in [5.74, 6) is 0.553. The Hall–Kier alpha value is -3.40. The molecule has 0 aliphatic rings. The third kappa shape index (κ3) is 4.23. The molecule has 1 aromatic heterocycles. The Labute approximate surface area is 159 Å². The Bertz CT molecular complexity index is 1020. The summed E-state index contributed by atoms with van der Waals surface area (Å²) in [6.07, 6.45) is 5.95. The largest absolute Gasteiger partial charge is 0.493 e. The highest BCUT2D eigenvalue weighted by molar-refractivity contribution is 5.77. The summed E-state index contributed by atoms with van der Waals surface area (Å²) in [4.78, 5) is 11.2. The van der Waals surface area contributed by atoms with Crippen molar-refractivity contribution in [1.29, 1.82) is 0 Å². The average Bonchev–Trinajstić information content (AvgIpc) is 2.68. The van der Waals surface area contributed by atoms with E-state index in [0.29, 0.717) is 11.5 Å². The molecule has 0 aliphatic carbocycles. The van der Waals surface area contributed by atoms with Crippen molar-refractivity contribution in [2.45, 2.75) is 13.5 Å². The van der Waals surface area contributed by atoms with Gasteiger partial charge in [0.25, 0.3) is 0 Å². The average molecular weight is 360 g/mol. The van der Waals surface area contributed by atoms with Crippen molar-refractivity contribution in [3.05, 3.63) is 78.5 Å². The number of benzene rings is 2. The molecule has 2 aromatic carbocycles. The summed E-state index contributed by atoms with van der Waals surface area (Å²) >= 11 is 0. The number of allylic oxidation sites excluding steroid dienone is 1. The van der Waals surface area contributed by atoms with Crippen LogP contribution in [0.2, 0.25) is 0 Å². The first-order valence-corrected chi connectivity index (χ1v) is 8.69. The normalized spacial score (nSPS) is 10.9. The summed E-state index contributed by atoms with van der Waals surface area (Å²) in [7, 11) is 1.55. The molecule has 0 N–H and O–H groups in total. The van der Waals surface area contributed by atoms with Crippen LogP contribution in [0.3, 0.4) is 0 Å². The molecule has 0 fully saturated rings. The SMILES string of the molecule is C=CC[n+]1c(/C=C/c2ccc(OC(C)=O)c(OC)c2)ccc2ccccc21. The van der Waals surface area contributed by atoms with E-state index in [1.165, 1.54) is 12.3 Å². The maximum atomic E-state index is 11.2. The summed E-state index contributed by atoms with van der Waals surface area (Å²) in [6, 6.07) is 17.9. The molecule has 0 unspecified atom stereocenters. The standard InChI is InChI=1S/C23H22NO3/c1-4-15-24-20(13-11-19-7-5-6-8-21(19)24)12-9-18-10-14-22(27-17(2)25)23(16-18)26-3/h4-14,16H,1,15H2,2-3H3/q+1/b12-9+. The lowest BCUT2D eigenvalue weighted by molar-refractivity contribution is -0.662. The van der Waals surface area contributed by atoms with Crippen molar-refractivity contribution in [3.63, 3.8) is 0 Å². The number of carbonyl (C=O) groups excluding carboxylic acids is 1. The fourth-order valence-corrected chi connectivity index (χ4v) is 2.97. The highest BCUT2D eigenvalue weighted by atomic mass is 16.6. The van der Waals surface area contributed by atoms with Gasteiger partial charge in [0.05, 0.1) is 7.11 Å². The second-order valence-electron chi connectivity index (χ2n) is 6.05. The highest BCUT2D eigenvalue weighted by Crippen LogP contribution is 2.29. The van der Waals surface area contributed by atoms with Crippen molar-refractivity contribution in [2.24, 2.45) is 0 Å². The molecule has 0 bridgehead atoms. The third-order valence-electron chi connectivity index (χ3n) is 4.17. The Morgan fingerprint density at radius 2 is 1.89 bits per heavy atom. The molecule has 4 heteroatoms. The first-order chi connectivity index (χ1) is 13.1. The van der Waals surface area contributed by atoms with Crippen LogP contribution in [0.5, 0.6) is 11.5 Å². The van der Waals surface area contributed by atoms with E-state index in [4.69, 9.17) is 9.47 Å². The van der Waals surface area contributed by atoms with E-state index in [9.17, 15) is 4.79 Å². The van der Waals surface area contributed by atoms with E-state index >= 15 is 0 Å². The zero-order chi connectivity index (χ0) is 19.2. The molecule has 0 saturated carbocycles. The molecule has 0 radical (unpaired) electrons. The summed E-state index contributed by atoms with van der Waals surface area (Å²) in [5, 5.41) is 1.18. The Morgan fingerprint density at radius 1 is 1.07 bits per heavy atom. The number of rotatable bonds is 6. The van der Waals surface area contributed by atoms with E-state index < -0.39 is 0 Å². The van der Waals surface area contributed by atoms with Gasteiger partial charge in [-0.25, -0.2) is 0 Å². The predicted molar refractivity (Wildman–Crippen MR) is 108 cm³/mol. The van der Waals surface area contributed by atoms with Crippen molar-refractivity contribution in [3.8, 4) is 11.5 Å². The first kappa shape index (κ1) is 18.4. The molecule has 0 saturated heterocycles. The van der Waals surface area contributed by atoms with Crippen molar-refractivity contribution in [1.82, 2.24) is 0 Å². The van der Waals surface area contributed by atoms with Gasteiger partial charge in [0, 0.05) is 30.5 Å². The van der Waals surface area contributed by atoms with E-state index in [0.717, 1.165) is 23.3 Å². The Balaban J connectivity index is 1.97. The Kier molecular flexibility index (Phi) is 5.67. The topological polar surface area (TPSA) is 39.4 Å². The van der Waals surface area contributed by atoms with Gasteiger partial charge in [-0.05, 0) is 42.0 Å². The number of nitrogens with zero attached hydrogens (tertiary/aromatic N) is 1. The molecule has 3 aromatic rings. The van der Waals surface area contributed by atoms with Crippen LogP contribution < -0.4 is 14.0 Å².